The molecule has 0 unspecified atom stereocenters. The van der Waals surface area contributed by atoms with Crippen molar-refractivity contribution in [2.45, 2.75) is 6.54 Å². The van der Waals surface area contributed by atoms with Gasteiger partial charge in [-0.3, -0.25) is 4.68 Å². The predicted molar refractivity (Wildman–Crippen MR) is 90.5 cm³/mol. The lowest BCUT2D eigenvalue weighted by atomic mass is 10.2. The van der Waals surface area contributed by atoms with Gasteiger partial charge in [-0.2, -0.15) is 5.10 Å². The van der Waals surface area contributed by atoms with Crippen LogP contribution in [0.4, 0.5) is 5.82 Å². The van der Waals surface area contributed by atoms with Gasteiger partial charge in [-0.25, -0.2) is 9.97 Å². The average molecular weight is 309 g/mol. The number of hydrogen-bond acceptors (Lipinski definition) is 5. The fourth-order valence-corrected chi connectivity index (χ4v) is 2.45. The first-order chi connectivity index (χ1) is 11.2. The van der Waals surface area contributed by atoms with E-state index in [1.165, 1.54) is 5.56 Å². The Morgan fingerprint density at radius 3 is 2.78 bits per heavy atom. The molecule has 23 heavy (non-hydrogen) atoms. The number of nitrogens with zero attached hydrogens (tertiary/aromatic N) is 5. The number of anilines is 1. The molecule has 3 rings (SSSR count). The molecule has 0 aliphatic carbocycles. The van der Waals surface area contributed by atoms with E-state index in [-0.39, 0.29) is 0 Å². The Kier molecular flexibility index (Phi) is 4.23. The van der Waals surface area contributed by atoms with Crippen molar-refractivity contribution in [3.05, 3.63) is 55.0 Å². The topological polar surface area (TPSA) is 56.1 Å². The largest absolute Gasteiger partial charge is 0.490 e. The van der Waals surface area contributed by atoms with Crippen molar-refractivity contribution in [1.29, 1.82) is 0 Å². The molecule has 6 heteroatoms. The van der Waals surface area contributed by atoms with E-state index < -0.39 is 0 Å². The summed E-state index contributed by atoms with van der Waals surface area (Å²) in [5.74, 6) is 1.71. The molecule has 0 amide bonds. The molecule has 0 atom stereocenters. The zero-order valence-electron chi connectivity index (χ0n) is 13.3. The van der Waals surface area contributed by atoms with E-state index in [0.717, 1.165) is 29.1 Å². The normalized spacial score (nSPS) is 10.7. The molecular formula is C17H19N5O. The van der Waals surface area contributed by atoms with Crippen LogP contribution >= 0.6 is 0 Å². The van der Waals surface area contributed by atoms with Gasteiger partial charge < -0.3 is 9.64 Å². The van der Waals surface area contributed by atoms with Gasteiger partial charge in [0, 0.05) is 20.6 Å². The molecule has 1 aromatic carbocycles. The van der Waals surface area contributed by atoms with Crippen LogP contribution in [0.25, 0.3) is 11.0 Å². The maximum atomic E-state index is 5.50. The van der Waals surface area contributed by atoms with Crippen molar-refractivity contribution in [2.24, 2.45) is 7.05 Å². The fourth-order valence-electron chi connectivity index (χ4n) is 2.45. The number of hydrogen-bond donors (Lipinski definition) is 0. The first-order valence-electron chi connectivity index (χ1n) is 7.35. The Morgan fingerprint density at radius 1 is 1.26 bits per heavy atom. The summed E-state index contributed by atoms with van der Waals surface area (Å²) >= 11 is 0. The highest BCUT2D eigenvalue weighted by molar-refractivity contribution is 5.86. The lowest BCUT2D eigenvalue weighted by Gasteiger charge is -2.18. The van der Waals surface area contributed by atoms with Crippen molar-refractivity contribution < 1.29 is 4.74 Å². The second-order valence-electron chi connectivity index (χ2n) is 5.30. The molecule has 118 valence electrons. The summed E-state index contributed by atoms with van der Waals surface area (Å²) in [4.78, 5) is 10.8. The lowest BCUT2D eigenvalue weighted by Crippen LogP contribution is -2.18. The minimum Gasteiger partial charge on any atom is -0.490 e. The number of rotatable bonds is 6. The van der Waals surface area contributed by atoms with Gasteiger partial charge in [0.25, 0.3) is 0 Å². The minimum atomic E-state index is 0.513. The van der Waals surface area contributed by atoms with E-state index in [2.05, 4.69) is 38.7 Å². The highest BCUT2D eigenvalue weighted by atomic mass is 16.5. The van der Waals surface area contributed by atoms with Crippen LogP contribution < -0.4 is 9.64 Å². The summed E-state index contributed by atoms with van der Waals surface area (Å²) in [7, 11) is 3.89. The average Bonchev–Trinajstić information content (AvgIpc) is 2.95. The van der Waals surface area contributed by atoms with Crippen molar-refractivity contribution in [3.63, 3.8) is 0 Å². The molecule has 0 bridgehead atoms. The van der Waals surface area contributed by atoms with Crippen molar-refractivity contribution in [3.8, 4) is 5.75 Å². The highest BCUT2D eigenvalue weighted by Crippen LogP contribution is 2.23. The van der Waals surface area contributed by atoms with E-state index in [4.69, 9.17) is 4.74 Å². The number of ether oxygens (including phenoxy) is 1. The van der Waals surface area contributed by atoms with Gasteiger partial charge in [0.2, 0.25) is 0 Å². The maximum Gasteiger partial charge on any atom is 0.163 e. The van der Waals surface area contributed by atoms with Gasteiger partial charge in [-0.1, -0.05) is 24.8 Å². The quantitative estimate of drug-likeness (QED) is 0.655. The summed E-state index contributed by atoms with van der Waals surface area (Å²) in [5.41, 5.74) is 2.00. The Labute approximate surface area is 135 Å². The van der Waals surface area contributed by atoms with Gasteiger partial charge in [0.15, 0.2) is 5.65 Å². The number of fused-ring (bicyclic) bond motifs is 1. The Morgan fingerprint density at radius 2 is 2.04 bits per heavy atom. The molecule has 0 fully saturated rings. The Balaban J connectivity index is 1.77. The molecule has 0 aliphatic heterocycles. The lowest BCUT2D eigenvalue weighted by molar-refractivity contribution is 0.363. The molecule has 0 spiro atoms. The zero-order chi connectivity index (χ0) is 16.2. The van der Waals surface area contributed by atoms with E-state index in [1.807, 2.05) is 26.2 Å². The molecule has 2 aromatic heterocycles. The second kappa shape index (κ2) is 6.48. The van der Waals surface area contributed by atoms with E-state index >= 15 is 0 Å². The van der Waals surface area contributed by atoms with Crippen LogP contribution in [0.15, 0.2) is 49.4 Å². The molecule has 0 aliphatic rings. The molecule has 0 radical (unpaired) electrons. The van der Waals surface area contributed by atoms with Crippen LogP contribution in [0.2, 0.25) is 0 Å². The van der Waals surface area contributed by atoms with Crippen LogP contribution in [0, 0.1) is 0 Å². The Bertz CT molecular complexity index is 809. The predicted octanol–water partition coefficient (Wildman–Crippen LogP) is 2.56. The van der Waals surface area contributed by atoms with E-state index in [0.29, 0.717) is 6.61 Å². The van der Waals surface area contributed by atoms with Crippen molar-refractivity contribution in [1.82, 2.24) is 19.7 Å². The van der Waals surface area contributed by atoms with Crippen LogP contribution in [-0.4, -0.2) is 33.4 Å². The summed E-state index contributed by atoms with van der Waals surface area (Å²) in [6.07, 6.45) is 5.10. The van der Waals surface area contributed by atoms with Crippen LogP contribution in [0.5, 0.6) is 5.75 Å². The summed E-state index contributed by atoms with van der Waals surface area (Å²) < 4.78 is 7.25. The molecular weight excluding hydrogens is 290 g/mol. The SMILES string of the molecule is C=CCOc1ccc(CN(C)c2ncnc3c2cnn3C)cc1. The first kappa shape index (κ1) is 15.0. The Hall–Kier alpha value is -2.89. The highest BCUT2D eigenvalue weighted by Gasteiger charge is 2.12. The van der Waals surface area contributed by atoms with Crippen molar-refractivity contribution >= 4 is 16.9 Å². The van der Waals surface area contributed by atoms with Gasteiger partial charge in [-0.15, -0.1) is 0 Å². The third-order valence-electron chi connectivity index (χ3n) is 3.58. The van der Waals surface area contributed by atoms with E-state index in [9.17, 15) is 0 Å². The molecule has 0 saturated heterocycles. The number of aryl methyl sites for hydroxylation is 1. The molecule has 3 aromatic rings. The molecule has 0 saturated carbocycles. The zero-order valence-corrected chi connectivity index (χ0v) is 13.3. The van der Waals surface area contributed by atoms with Gasteiger partial charge in [-0.05, 0) is 17.7 Å². The van der Waals surface area contributed by atoms with Crippen LogP contribution in [0.1, 0.15) is 5.56 Å². The summed E-state index contributed by atoms with van der Waals surface area (Å²) in [6.45, 7) is 4.89. The monoisotopic (exact) mass is 309 g/mol. The third-order valence-corrected chi connectivity index (χ3v) is 3.58. The maximum absolute atomic E-state index is 5.50. The first-order valence-corrected chi connectivity index (χ1v) is 7.35. The molecule has 2 heterocycles. The van der Waals surface area contributed by atoms with Gasteiger partial charge in [0.1, 0.15) is 24.5 Å². The molecule has 0 N–H and O–H groups in total. The fraction of sp³-hybridized carbons (Fsp3) is 0.235. The summed E-state index contributed by atoms with van der Waals surface area (Å²) in [5, 5.41) is 5.20. The van der Waals surface area contributed by atoms with Crippen LogP contribution in [0.3, 0.4) is 0 Å². The minimum absolute atomic E-state index is 0.513. The van der Waals surface area contributed by atoms with E-state index in [1.54, 1.807) is 23.3 Å². The van der Waals surface area contributed by atoms with Crippen LogP contribution in [-0.2, 0) is 13.6 Å². The molecule has 6 nitrogen and oxygen atoms in total. The van der Waals surface area contributed by atoms with Gasteiger partial charge >= 0.3 is 0 Å². The third kappa shape index (κ3) is 3.15. The standard InChI is InChI=1S/C17H19N5O/c1-4-9-23-14-7-5-13(6-8-14)11-21(2)16-15-10-20-22(3)17(15)19-12-18-16/h4-8,10,12H,1,9,11H2,2-3H3. The number of aromatic nitrogens is 4. The second-order valence-corrected chi connectivity index (χ2v) is 5.30. The number of benzene rings is 1. The van der Waals surface area contributed by atoms with Gasteiger partial charge in [0.05, 0.1) is 11.6 Å². The smallest absolute Gasteiger partial charge is 0.163 e. The van der Waals surface area contributed by atoms with Crippen molar-refractivity contribution in [2.75, 3.05) is 18.6 Å². The summed E-state index contributed by atoms with van der Waals surface area (Å²) in [6, 6.07) is 8.03.